The maximum atomic E-state index is 11.5. The third-order valence-corrected chi connectivity index (χ3v) is 5.68. The molecule has 0 aliphatic carbocycles. The number of sulfone groups is 1. The fraction of sp³-hybridized carbons (Fsp3) is 0.462. The zero-order valence-electron chi connectivity index (χ0n) is 11.8. The van der Waals surface area contributed by atoms with Crippen molar-refractivity contribution in [2.24, 2.45) is 10.7 Å². The normalized spacial score (nSPS) is 17.0. The standard InChI is InChI=1S/C13H18ClN3O2S2/c1-21(18,19)12-3-2-10(8-11(12)14)9-16-13(15)17-4-6-20-7-5-17/h2-3,8H,4-7,9H2,1H3,(H2,15,16). The number of nitrogens with zero attached hydrogens (tertiary/aromatic N) is 2. The van der Waals surface area contributed by atoms with Crippen LogP contribution in [0.3, 0.4) is 0 Å². The minimum absolute atomic E-state index is 0.137. The molecule has 0 amide bonds. The molecule has 2 rings (SSSR count). The van der Waals surface area contributed by atoms with E-state index in [1.165, 1.54) is 6.07 Å². The number of benzene rings is 1. The fourth-order valence-electron chi connectivity index (χ4n) is 2.01. The van der Waals surface area contributed by atoms with Gasteiger partial charge in [-0.15, -0.1) is 0 Å². The van der Waals surface area contributed by atoms with Crippen LogP contribution in [0.1, 0.15) is 5.56 Å². The number of thioether (sulfide) groups is 1. The summed E-state index contributed by atoms with van der Waals surface area (Å²) in [6.07, 6.45) is 1.14. The minimum atomic E-state index is -3.30. The first kappa shape index (κ1) is 16.5. The van der Waals surface area contributed by atoms with Crippen molar-refractivity contribution < 1.29 is 8.42 Å². The van der Waals surface area contributed by atoms with Gasteiger partial charge in [-0.05, 0) is 17.7 Å². The molecule has 21 heavy (non-hydrogen) atoms. The Kier molecular flexibility index (Phi) is 5.40. The highest BCUT2D eigenvalue weighted by Gasteiger charge is 2.13. The molecular weight excluding hydrogens is 330 g/mol. The summed E-state index contributed by atoms with van der Waals surface area (Å²) in [6.45, 7) is 2.21. The third-order valence-electron chi connectivity index (χ3n) is 3.15. The van der Waals surface area contributed by atoms with E-state index in [1.807, 2.05) is 11.8 Å². The van der Waals surface area contributed by atoms with E-state index >= 15 is 0 Å². The van der Waals surface area contributed by atoms with Gasteiger partial charge in [0.05, 0.1) is 16.5 Å². The smallest absolute Gasteiger partial charge is 0.191 e. The zero-order valence-corrected chi connectivity index (χ0v) is 14.1. The first-order chi connectivity index (χ1) is 9.88. The third kappa shape index (κ3) is 4.52. The molecule has 5 nitrogen and oxygen atoms in total. The van der Waals surface area contributed by atoms with E-state index in [0.29, 0.717) is 12.5 Å². The van der Waals surface area contributed by atoms with E-state index in [9.17, 15) is 8.42 Å². The summed E-state index contributed by atoms with van der Waals surface area (Å²) in [6, 6.07) is 4.85. The van der Waals surface area contributed by atoms with E-state index in [4.69, 9.17) is 17.3 Å². The lowest BCUT2D eigenvalue weighted by Crippen LogP contribution is -2.42. The molecule has 0 radical (unpaired) electrons. The number of rotatable bonds is 3. The molecule has 0 atom stereocenters. The van der Waals surface area contributed by atoms with Gasteiger partial charge in [0.15, 0.2) is 15.8 Å². The van der Waals surface area contributed by atoms with Crippen molar-refractivity contribution in [1.29, 1.82) is 0 Å². The van der Waals surface area contributed by atoms with Crippen molar-refractivity contribution in [3.63, 3.8) is 0 Å². The highest BCUT2D eigenvalue weighted by atomic mass is 35.5. The summed E-state index contributed by atoms with van der Waals surface area (Å²) in [5, 5.41) is 0.221. The van der Waals surface area contributed by atoms with Gasteiger partial charge in [0.1, 0.15) is 0 Å². The second-order valence-corrected chi connectivity index (χ2v) is 8.43. The largest absolute Gasteiger partial charge is 0.370 e. The van der Waals surface area contributed by atoms with Gasteiger partial charge in [-0.2, -0.15) is 11.8 Å². The molecule has 0 spiro atoms. The predicted molar refractivity (Wildman–Crippen MR) is 88.8 cm³/mol. The molecule has 1 aromatic carbocycles. The van der Waals surface area contributed by atoms with Gasteiger partial charge >= 0.3 is 0 Å². The Labute approximate surface area is 134 Å². The second-order valence-electron chi connectivity index (χ2n) is 4.81. The lowest BCUT2D eigenvalue weighted by atomic mass is 10.2. The summed E-state index contributed by atoms with van der Waals surface area (Å²) in [5.41, 5.74) is 6.81. The number of nitrogens with two attached hydrogens (primary N) is 1. The Morgan fingerprint density at radius 3 is 2.67 bits per heavy atom. The Morgan fingerprint density at radius 1 is 1.43 bits per heavy atom. The van der Waals surface area contributed by atoms with Crippen molar-refractivity contribution in [3.05, 3.63) is 28.8 Å². The molecule has 1 saturated heterocycles. The van der Waals surface area contributed by atoms with E-state index in [2.05, 4.69) is 9.89 Å². The van der Waals surface area contributed by atoms with Crippen molar-refractivity contribution in [1.82, 2.24) is 4.90 Å². The number of guanidine groups is 1. The SMILES string of the molecule is CS(=O)(=O)c1ccc(CN=C(N)N2CCSCC2)cc1Cl. The average Bonchev–Trinajstić information content (AvgIpc) is 2.44. The summed E-state index contributed by atoms with van der Waals surface area (Å²) in [5.74, 6) is 2.65. The summed E-state index contributed by atoms with van der Waals surface area (Å²) < 4.78 is 23.0. The molecule has 0 aromatic heterocycles. The van der Waals surface area contributed by atoms with Crippen LogP contribution in [0.2, 0.25) is 5.02 Å². The summed E-state index contributed by atoms with van der Waals surface area (Å²) in [7, 11) is -3.30. The maximum absolute atomic E-state index is 11.5. The Balaban J connectivity index is 2.08. The number of hydrogen-bond acceptors (Lipinski definition) is 4. The lowest BCUT2D eigenvalue weighted by molar-refractivity contribution is 0.455. The van der Waals surface area contributed by atoms with Gasteiger partial charge in [-0.1, -0.05) is 17.7 Å². The van der Waals surface area contributed by atoms with Crippen LogP contribution in [0.4, 0.5) is 0 Å². The van der Waals surface area contributed by atoms with Crippen LogP contribution in [0.25, 0.3) is 0 Å². The highest BCUT2D eigenvalue weighted by Crippen LogP contribution is 2.23. The minimum Gasteiger partial charge on any atom is -0.370 e. The summed E-state index contributed by atoms with van der Waals surface area (Å²) in [4.78, 5) is 6.55. The van der Waals surface area contributed by atoms with Gasteiger partial charge < -0.3 is 10.6 Å². The van der Waals surface area contributed by atoms with Gasteiger partial charge in [0.2, 0.25) is 0 Å². The molecule has 0 saturated carbocycles. The van der Waals surface area contributed by atoms with Crippen LogP contribution in [-0.2, 0) is 16.4 Å². The van der Waals surface area contributed by atoms with Crippen molar-refractivity contribution in [2.75, 3.05) is 30.9 Å². The monoisotopic (exact) mass is 347 g/mol. The van der Waals surface area contributed by atoms with Crippen LogP contribution in [-0.4, -0.2) is 50.1 Å². The summed E-state index contributed by atoms with van der Waals surface area (Å²) >= 11 is 7.92. The van der Waals surface area contributed by atoms with Gasteiger partial charge in [-0.25, -0.2) is 13.4 Å². The van der Waals surface area contributed by atoms with Crippen molar-refractivity contribution in [3.8, 4) is 0 Å². The molecule has 0 bridgehead atoms. The number of halogens is 1. The number of aliphatic imine (C=N–C) groups is 1. The van der Waals surface area contributed by atoms with Crippen LogP contribution >= 0.6 is 23.4 Å². The van der Waals surface area contributed by atoms with Crippen LogP contribution in [0.15, 0.2) is 28.1 Å². The maximum Gasteiger partial charge on any atom is 0.191 e. The van der Waals surface area contributed by atoms with Gasteiger partial charge in [0, 0.05) is 30.9 Å². The molecule has 1 heterocycles. The van der Waals surface area contributed by atoms with Crippen molar-refractivity contribution >= 4 is 39.2 Å². The van der Waals surface area contributed by atoms with Crippen LogP contribution < -0.4 is 5.73 Å². The van der Waals surface area contributed by atoms with Crippen molar-refractivity contribution in [2.45, 2.75) is 11.4 Å². The first-order valence-electron chi connectivity index (χ1n) is 6.49. The van der Waals surface area contributed by atoms with Crippen LogP contribution in [0.5, 0.6) is 0 Å². The molecule has 116 valence electrons. The highest BCUT2D eigenvalue weighted by molar-refractivity contribution is 7.99. The average molecular weight is 348 g/mol. The molecule has 1 aliphatic rings. The predicted octanol–water partition coefficient (Wildman–Crippen LogP) is 1.61. The molecule has 1 aliphatic heterocycles. The number of hydrogen-bond donors (Lipinski definition) is 1. The van der Waals surface area contributed by atoms with E-state index in [1.54, 1.807) is 12.1 Å². The van der Waals surface area contributed by atoms with Gasteiger partial charge in [-0.3, -0.25) is 0 Å². The second kappa shape index (κ2) is 6.89. The lowest BCUT2D eigenvalue weighted by Gasteiger charge is -2.27. The Morgan fingerprint density at radius 2 is 2.10 bits per heavy atom. The molecular formula is C13H18ClN3O2S2. The Bertz CT molecular complexity index is 641. The quantitative estimate of drug-likeness (QED) is 0.664. The van der Waals surface area contributed by atoms with E-state index in [-0.39, 0.29) is 9.92 Å². The molecule has 0 unspecified atom stereocenters. The van der Waals surface area contributed by atoms with Crippen LogP contribution in [0, 0.1) is 0 Å². The zero-order chi connectivity index (χ0) is 15.5. The first-order valence-corrected chi connectivity index (χ1v) is 9.91. The molecule has 1 fully saturated rings. The van der Waals surface area contributed by atoms with Gasteiger partial charge in [0.25, 0.3) is 0 Å². The topological polar surface area (TPSA) is 75.8 Å². The molecule has 8 heteroatoms. The molecule has 1 aromatic rings. The Hall–Kier alpha value is -0.920. The fourth-order valence-corrected chi connectivity index (χ4v) is 4.26. The molecule has 2 N–H and O–H groups in total. The van der Waals surface area contributed by atoms with E-state index < -0.39 is 9.84 Å². The van der Waals surface area contributed by atoms with E-state index in [0.717, 1.165) is 36.4 Å².